The van der Waals surface area contributed by atoms with Gasteiger partial charge in [-0.2, -0.15) is 5.26 Å². The summed E-state index contributed by atoms with van der Waals surface area (Å²) in [4.78, 5) is 23.3. The van der Waals surface area contributed by atoms with E-state index in [1.54, 1.807) is 12.1 Å². The van der Waals surface area contributed by atoms with Gasteiger partial charge in [-0.05, 0) is 32.8 Å². The molecular formula is C18H22N2O3. The van der Waals surface area contributed by atoms with Crippen molar-refractivity contribution in [2.75, 3.05) is 6.54 Å². The van der Waals surface area contributed by atoms with E-state index in [-0.39, 0.29) is 12.2 Å². The molecule has 1 N–H and O–H groups in total. The Morgan fingerprint density at radius 1 is 1.30 bits per heavy atom. The quantitative estimate of drug-likeness (QED) is 0.641. The van der Waals surface area contributed by atoms with Gasteiger partial charge in [-0.3, -0.25) is 4.79 Å². The second kappa shape index (κ2) is 8.74. The van der Waals surface area contributed by atoms with Gasteiger partial charge in [0.05, 0.1) is 12.5 Å². The maximum atomic E-state index is 11.8. The van der Waals surface area contributed by atoms with Gasteiger partial charge in [-0.1, -0.05) is 36.4 Å². The van der Waals surface area contributed by atoms with Crippen LogP contribution >= 0.6 is 0 Å². The van der Waals surface area contributed by atoms with Crippen LogP contribution in [0.5, 0.6) is 0 Å². The van der Waals surface area contributed by atoms with Crippen LogP contribution in [0.1, 0.15) is 49.5 Å². The highest BCUT2D eigenvalue weighted by atomic mass is 16.6. The molecule has 0 heterocycles. The Bertz CT molecular complexity index is 622. The molecule has 0 aliphatic rings. The third kappa shape index (κ3) is 7.28. The molecular weight excluding hydrogens is 292 g/mol. The number of benzene rings is 1. The van der Waals surface area contributed by atoms with Gasteiger partial charge in [0.2, 0.25) is 0 Å². The number of amides is 1. The number of alkyl carbamates (subject to hydrolysis) is 1. The number of carbonyl (C=O) groups is 2. The number of ether oxygens (including phenoxy) is 1. The average Bonchev–Trinajstić information content (AvgIpc) is 2.45. The summed E-state index contributed by atoms with van der Waals surface area (Å²) in [6.07, 6.45) is 3.72. The number of rotatable bonds is 6. The number of hydrogen-bond donors (Lipinski definition) is 1. The molecule has 1 rings (SSSR count). The Morgan fingerprint density at radius 2 is 2.00 bits per heavy atom. The van der Waals surface area contributed by atoms with Crippen LogP contribution in [-0.4, -0.2) is 24.0 Å². The topological polar surface area (TPSA) is 79.2 Å². The third-order valence-electron chi connectivity index (χ3n) is 2.78. The normalized spacial score (nSPS) is 11.0. The third-order valence-corrected chi connectivity index (χ3v) is 2.78. The van der Waals surface area contributed by atoms with Gasteiger partial charge in [0.1, 0.15) is 5.60 Å². The summed E-state index contributed by atoms with van der Waals surface area (Å²) in [6, 6.07) is 9.00. The summed E-state index contributed by atoms with van der Waals surface area (Å²) < 4.78 is 5.13. The largest absolute Gasteiger partial charge is 0.444 e. The molecule has 0 aliphatic carbocycles. The van der Waals surface area contributed by atoms with Crippen molar-refractivity contribution < 1.29 is 14.3 Å². The van der Waals surface area contributed by atoms with Crippen molar-refractivity contribution in [1.82, 2.24) is 5.32 Å². The van der Waals surface area contributed by atoms with E-state index >= 15 is 0 Å². The van der Waals surface area contributed by atoms with Crippen LogP contribution in [0.2, 0.25) is 0 Å². The minimum atomic E-state index is -0.514. The van der Waals surface area contributed by atoms with Crippen molar-refractivity contribution >= 4 is 18.0 Å². The molecule has 0 radical (unpaired) electrons. The number of ketones is 1. The van der Waals surface area contributed by atoms with Gasteiger partial charge in [-0.15, -0.1) is 0 Å². The van der Waals surface area contributed by atoms with E-state index < -0.39 is 11.7 Å². The molecule has 0 unspecified atom stereocenters. The Balaban J connectivity index is 2.52. The van der Waals surface area contributed by atoms with Crippen LogP contribution < -0.4 is 5.32 Å². The number of carbonyl (C=O) groups excluding carboxylic acids is 2. The highest BCUT2D eigenvalue weighted by Gasteiger charge is 2.15. The number of hydrogen-bond acceptors (Lipinski definition) is 4. The van der Waals surface area contributed by atoms with Crippen LogP contribution in [0.3, 0.4) is 0 Å². The van der Waals surface area contributed by atoms with Crippen molar-refractivity contribution in [3.8, 4) is 6.07 Å². The maximum absolute atomic E-state index is 11.8. The first kappa shape index (κ1) is 18.4. The lowest BCUT2D eigenvalue weighted by Gasteiger charge is -2.19. The molecule has 0 saturated heterocycles. The fourth-order valence-corrected chi connectivity index (χ4v) is 1.85. The highest BCUT2D eigenvalue weighted by Crippen LogP contribution is 2.13. The van der Waals surface area contributed by atoms with Gasteiger partial charge >= 0.3 is 6.09 Å². The highest BCUT2D eigenvalue weighted by molar-refractivity contribution is 6.00. The predicted octanol–water partition coefficient (Wildman–Crippen LogP) is 3.71. The lowest BCUT2D eigenvalue weighted by Crippen LogP contribution is -2.32. The molecule has 1 aromatic carbocycles. The minimum absolute atomic E-state index is 0.134. The fourth-order valence-electron chi connectivity index (χ4n) is 1.85. The van der Waals surface area contributed by atoms with Gasteiger partial charge < -0.3 is 10.1 Å². The second-order valence-corrected chi connectivity index (χ2v) is 5.97. The molecule has 0 aliphatic heterocycles. The van der Waals surface area contributed by atoms with Crippen molar-refractivity contribution in [3.63, 3.8) is 0 Å². The molecule has 5 heteroatoms. The summed E-state index contributed by atoms with van der Waals surface area (Å²) in [5.74, 6) is -0.195. The molecule has 122 valence electrons. The lowest BCUT2D eigenvalue weighted by atomic mass is 10.0. The summed E-state index contributed by atoms with van der Waals surface area (Å²) in [6.45, 7) is 5.87. The predicted molar refractivity (Wildman–Crippen MR) is 88.9 cm³/mol. The molecule has 0 saturated carbocycles. The van der Waals surface area contributed by atoms with Crippen molar-refractivity contribution in [3.05, 3.63) is 41.5 Å². The zero-order chi connectivity index (χ0) is 17.3. The summed E-state index contributed by atoms with van der Waals surface area (Å²) in [5.41, 5.74) is 0.787. The molecule has 0 bridgehead atoms. The minimum Gasteiger partial charge on any atom is -0.444 e. The van der Waals surface area contributed by atoms with Gasteiger partial charge in [-0.25, -0.2) is 4.79 Å². The first-order chi connectivity index (χ1) is 10.8. The van der Waals surface area contributed by atoms with Crippen LogP contribution in [0.15, 0.2) is 30.3 Å². The van der Waals surface area contributed by atoms with Crippen LogP contribution in [0.4, 0.5) is 4.79 Å². The summed E-state index contributed by atoms with van der Waals surface area (Å²) >= 11 is 0. The standard InChI is InChI=1S/C18H22N2O3/c1-18(2,3)23-17(22)20-13-7-6-9-14-8-4-5-10-15(14)16(21)11-12-19/h4-6,8-10H,7,11,13H2,1-3H3,(H,20,22). The molecule has 0 atom stereocenters. The molecule has 1 amide bonds. The molecule has 0 fully saturated rings. The molecule has 0 spiro atoms. The Hall–Kier alpha value is -2.61. The van der Waals surface area contributed by atoms with E-state index in [1.165, 1.54) is 0 Å². The Labute approximate surface area is 137 Å². The van der Waals surface area contributed by atoms with E-state index in [9.17, 15) is 9.59 Å². The van der Waals surface area contributed by atoms with Crippen LogP contribution in [0, 0.1) is 11.3 Å². The second-order valence-electron chi connectivity index (χ2n) is 5.97. The van der Waals surface area contributed by atoms with Crippen LogP contribution in [0.25, 0.3) is 6.08 Å². The van der Waals surface area contributed by atoms with Crippen LogP contribution in [-0.2, 0) is 4.74 Å². The summed E-state index contributed by atoms with van der Waals surface area (Å²) in [5, 5.41) is 11.3. The lowest BCUT2D eigenvalue weighted by molar-refractivity contribution is 0.0528. The van der Waals surface area contributed by atoms with E-state index in [1.807, 2.05) is 51.1 Å². The van der Waals surface area contributed by atoms with E-state index in [2.05, 4.69) is 5.32 Å². The zero-order valence-electron chi connectivity index (χ0n) is 13.8. The van der Waals surface area contributed by atoms with Crippen molar-refractivity contribution in [2.24, 2.45) is 0 Å². The van der Waals surface area contributed by atoms with Crippen molar-refractivity contribution in [2.45, 2.75) is 39.2 Å². The maximum Gasteiger partial charge on any atom is 0.407 e. The number of nitrogens with one attached hydrogen (secondary N) is 1. The van der Waals surface area contributed by atoms with Gasteiger partial charge in [0.25, 0.3) is 0 Å². The zero-order valence-corrected chi connectivity index (χ0v) is 13.8. The fraction of sp³-hybridized carbons (Fsp3) is 0.389. The first-order valence-corrected chi connectivity index (χ1v) is 7.46. The molecule has 0 aromatic heterocycles. The monoisotopic (exact) mass is 314 g/mol. The average molecular weight is 314 g/mol. The number of Topliss-reactive ketones (excluding diaryl/α,β-unsaturated/α-hetero) is 1. The molecule has 5 nitrogen and oxygen atoms in total. The Morgan fingerprint density at radius 3 is 2.65 bits per heavy atom. The smallest absolute Gasteiger partial charge is 0.407 e. The first-order valence-electron chi connectivity index (χ1n) is 7.46. The van der Waals surface area contributed by atoms with Crippen molar-refractivity contribution in [1.29, 1.82) is 5.26 Å². The number of nitriles is 1. The van der Waals surface area contributed by atoms with E-state index in [4.69, 9.17) is 10.00 Å². The number of nitrogens with zero attached hydrogens (tertiary/aromatic N) is 1. The Kier molecular flexibility index (Phi) is 7.01. The van der Waals surface area contributed by atoms with E-state index in [0.29, 0.717) is 18.5 Å². The SMILES string of the molecule is CC(C)(C)OC(=O)NCCC=Cc1ccccc1C(=O)CC#N. The van der Waals surface area contributed by atoms with Gasteiger partial charge in [0, 0.05) is 12.1 Å². The van der Waals surface area contributed by atoms with Gasteiger partial charge in [0.15, 0.2) is 5.78 Å². The summed E-state index contributed by atoms with van der Waals surface area (Å²) in [7, 11) is 0. The molecule has 23 heavy (non-hydrogen) atoms. The van der Waals surface area contributed by atoms with E-state index in [0.717, 1.165) is 5.56 Å². The molecule has 1 aromatic rings.